The van der Waals surface area contributed by atoms with Gasteiger partial charge < -0.3 is 4.74 Å². The van der Waals surface area contributed by atoms with E-state index in [1.54, 1.807) is 0 Å². The van der Waals surface area contributed by atoms with Crippen LogP contribution < -0.4 is 5.32 Å². The molecule has 7 heteroatoms. The van der Waals surface area contributed by atoms with Crippen LogP contribution in [-0.2, 0) is 4.74 Å². The van der Waals surface area contributed by atoms with E-state index < -0.39 is 0 Å². The number of aliphatic imine (C=N–C) groups is 1. The Morgan fingerprint density at radius 2 is 2.50 bits per heavy atom. The molecule has 1 aromatic rings. The number of hydrogen-bond donors (Lipinski definition) is 2. The van der Waals surface area contributed by atoms with E-state index in [2.05, 4.69) is 25.5 Å². The van der Waals surface area contributed by atoms with Crippen molar-refractivity contribution in [2.75, 3.05) is 24.7 Å². The second kappa shape index (κ2) is 4.32. The molecule has 0 aliphatic carbocycles. The van der Waals surface area contributed by atoms with Gasteiger partial charge in [0.25, 0.3) is 6.02 Å². The Morgan fingerprint density at radius 1 is 1.57 bits per heavy atom. The minimum atomic E-state index is 0.514. The van der Waals surface area contributed by atoms with Gasteiger partial charge in [0, 0.05) is 13.0 Å². The van der Waals surface area contributed by atoms with Gasteiger partial charge in [-0.3, -0.25) is 5.32 Å². The Kier molecular flexibility index (Phi) is 2.87. The molecule has 1 aromatic heterocycles. The fourth-order valence-corrected chi connectivity index (χ4v) is 1.35. The van der Waals surface area contributed by atoms with Crippen LogP contribution in [0.3, 0.4) is 0 Å². The molecule has 0 radical (unpaired) electrons. The zero-order valence-corrected chi connectivity index (χ0v) is 8.60. The largest absolute Gasteiger partial charge is 0.465 e. The summed E-state index contributed by atoms with van der Waals surface area (Å²) in [7, 11) is 0. The summed E-state index contributed by atoms with van der Waals surface area (Å²) in [5.74, 6) is 0.565. The second-order valence-electron chi connectivity index (χ2n) is 2.68. The van der Waals surface area contributed by atoms with E-state index in [9.17, 15) is 0 Å². The molecule has 1 aliphatic rings. The summed E-state index contributed by atoms with van der Waals surface area (Å²) in [4.78, 5) is 8.30. The topological polar surface area (TPSA) is 75.2 Å². The van der Waals surface area contributed by atoms with E-state index in [-0.39, 0.29) is 0 Å². The van der Waals surface area contributed by atoms with Gasteiger partial charge in [-0.1, -0.05) is 11.8 Å². The highest BCUT2D eigenvalue weighted by molar-refractivity contribution is 7.98. The first kappa shape index (κ1) is 9.32. The van der Waals surface area contributed by atoms with Crippen LogP contribution in [0.15, 0.2) is 10.1 Å². The third-order valence-corrected chi connectivity index (χ3v) is 2.22. The number of nitrogens with one attached hydrogen (secondary N) is 2. The lowest BCUT2D eigenvalue weighted by Gasteiger charge is -2.12. The van der Waals surface area contributed by atoms with Crippen molar-refractivity contribution in [1.82, 2.24) is 15.2 Å². The number of nitrogens with zero attached hydrogens (tertiary/aromatic N) is 3. The van der Waals surface area contributed by atoms with Gasteiger partial charge in [-0.2, -0.15) is 4.98 Å². The summed E-state index contributed by atoms with van der Waals surface area (Å²) in [6.07, 6.45) is 2.89. The van der Waals surface area contributed by atoms with Crippen molar-refractivity contribution >= 4 is 23.7 Å². The van der Waals surface area contributed by atoms with Gasteiger partial charge in [-0.25, -0.2) is 10.1 Å². The third kappa shape index (κ3) is 2.16. The average Bonchev–Trinajstić information content (AvgIpc) is 2.67. The highest BCUT2D eigenvalue weighted by Gasteiger charge is 2.08. The molecule has 1 aliphatic heterocycles. The van der Waals surface area contributed by atoms with Crippen molar-refractivity contribution in [2.24, 2.45) is 4.99 Å². The Labute approximate surface area is 85.5 Å². The van der Waals surface area contributed by atoms with Crippen molar-refractivity contribution in [3.05, 3.63) is 0 Å². The summed E-state index contributed by atoms with van der Waals surface area (Å²) in [5.41, 5.74) is 0. The number of amidine groups is 1. The number of rotatable bonds is 2. The molecule has 0 unspecified atom stereocenters. The van der Waals surface area contributed by atoms with Gasteiger partial charge in [-0.15, -0.1) is 5.10 Å². The van der Waals surface area contributed by atoms with Gasteiger partial charge in [0.15, 0.2) is 0 Å². The standard InChI is InChI=1S/C7H11N5OS/c1-14-7-10-5(11-12-7)9-6-8-3-2-4-13-6/h2-4H2,1H3,(H2,8,9,10,11,12). The van der Waals surface area contributed by atoms with E-state index in [0.29, 0.717) is 23.7 Å². The van der Waals surface area contributed by atoms with Crippen LogP contribution in [0.5, 0.6) is 0 Å². The molecule has 2 heterocycles. The Balaban J connectivity index is 1.99. The van der Waals surface area contributed by atoms with Gasteiger partial charge in [0.1, 0.15) is 0 Å². The number of hydrogen-bond acceptors (Lipinski definition) is 6. The molecule has 0 saturated carbocycles. The van der Waals surface area contributed by atoms with E-state index >= 15 is 0 Å². The van der Waals surface area contributed by atoms with Crippen LogP contribution in [0.1, 0.15) is 6.42 Å². The number of anilines is 1. The molecule has 2 N–H and O–H groups in total. The summed E-state index contributed by atoms with van der Waals surface area (Å²) in [6, 6.07) is 0.514. The lowest BCUT2D eigenvalue weighted by molar-refractivity contribution is 0.281. The van der Waals surface area contributed by atoms with Crippen LogP contribution >= 0.6 is 11.8 Å². The first-order chi connectivity index (χ1) is 6.88. The molecule has 0 amide bonds. The van der Waals surface area contributed by atoms with Crippen molar-refractivity contribution in [3.63, 3.8) is 0 Å². The van der Waals surface area contributed by atoms with E-state index in [1.165, 1.54) is 11.8 Å². The molecule has 0 aromatic carbocycles. The number of thioether (sulfide) groups is 1. The van der Waals surface area contributed by atoms with E-state index in [0.717, 1.165) is 13.0 Å². The maximum atomic E-state index is 5.27. The summed E-state index contributed by atoms with van der Waals surface area (Å²) in [5, 5.41) is 10.3. The molecule has 0 fully saturated rings. The van der Waals surface area contributed by atoms with Crippen LogP contribution in [-0.4, -0.2) is 40.6 Å². The summed E-state index contributed by atoms with van der Waals surface area (Å²) >= 11 is 1.48. The fourth-order valence-electron chi connectivity index (χ4n) is 1.03. The van der Waals surface area contributed by atoms with Crippen molar-refractivity contribution < 1.29 is 4.74 Å². The van der Waals surface area contributed by atoms with Gasteiger partial charge >= 0.3 is 0 Å². The summed E-state index contributed by atoms with van der Waals surface area (Å²) in [6.45, 7) is 1.50. The van der Waals surface area contributed by atoms with Crippen LogP contribution in [0.4, 0.5) is 5.95 Å². The van der Waals surface area contributed by atoms with Crippen LogP contribution in [0, 0.1) is 0 Å². The number of H-pyrrole nitrogens is 1. The third-order valence-electron chi connectivity index (χ3n) is 1.67. The predicted molar refractivity (Wildman–Crippen MR) is 54.7 cm³/mol. The van der Waals surface area contributed by atoms with Crippen molar-refractivity contribution in [2.45, 2.75) is 11.6 Å². The number of ether oxygens (including phenoxy) is 1. The predicted octanol–water partition coefficient (Wildman–Crippen LogP) is 0.715. The Morgan fingerprint density at radius 3 is 3.14 bits per heavy atom. The van der Waals surface area contributed by atoms with Gasteiger partial charge in [0.2, 0.25) is 11.1 Å². The molecular formula is C7H11N5OS. The first-order valence-corrected chi connectivity index (χ1v) is 5.51. The summed E-state index contributed by atoms with van der Waals surface area (Å²) < 4.78 is 5.27. The molecule has 0 saturated heterocycles. The van der Waals surface area contributed by atoms with Crippen LogP contribution in [0.25, 0.3) is 0 Å². The molecule has 76 valence electrons. The lowest BCUT2D eigenvalue weighted by atomic mass is 10.4. The van der Waals surface area contributed by atoms with Crippen molar-refractivity contribution in [1.29, 1.82) is 0 Å². The molecule has 0 spiro atoms. The number of aromatic nitrogens is 3. The minimum absolute atomic E-state index is 0.514. The maximum absolute atomic E-state index is 5.27. The zero-order chi connectivity index (χ0) is 9.80. The highest BCUT2D eigenvalue weighted by Crippen LogP contribution is 2.10. The van der Waals surface area contributed by atoms with Crippen LogP contribution in [0.2, 0.25) is 0 Å². The number of aromatic amines is 1. The Hall–Kier alpha value is -1.24. The average molecular weight is 213 g/mol. The second-order valence-corrected chi connectivity index (χ2v) is 3.46. The first-order valence-electron chi connectivity index (χ1n) is 4.29. The van der Waals surface area contributed by atoms with E-state index in [1.807, 2.05) is 6.26 Å². The fraction of sp³-hybridized carbons (Fsp3) is 0.571. The lowest BCUT2D eigenvalue weighted by Crippen LogP contribution is -2.22. The SMILES string of the molecule is CSc1n[nH]c(NC2=NCCCO2)n1. The molecule has 0 atom stereocenters. The zero-order valence-electron chi connectivity index (χ0n) is 7.78. The monoisotopic (exact) mass is 213 g/mol. The van der Waals surface area contributed by atoms with Crippen molar-refractivity contribution in [3.8, 4) is 0 Å². The normalized spacial score (nSPS) is 15.9. The van der Waals surface area contributed by atoms with Gasteiger partial charge in [0.05, 0.1) is 6.61 Å². The highest BCUT2D eigenvalue weighted by atomic mass is 32.2. The molecule has 0 bridgehead atoms. The minimum Gasteiger partial charge on any atom is -0.465 e. The molecular weight excluding hydrogens is 202 g/mol. The maximum Gasteiger partial charge on any atom is 0.291 e. The van der Waals surface area contributed by atoms with E-state index in [4.69, 9.17) is 4.74 Å². The quantitative estimate of drug-likeness (QED) is 0.708. The molecule has 2 rings (SSSR count). The smallest absolute Gasteiger partial charge is 0.291 e. The molecule has 6 nitrogen and oxygen atoms in total. The Bertz CT molecular complexity index is 337. The molecule has 14 heavy (non-hydrogen) atoms. The van der Waals surface area contributed by atoms with Gasteiger partial charge in [-0.05, 0) is 6.26 Å².